The molecule has 1 aliphatic heterocycles. The van der Waals surface area contributed by atoms with Crippen LogP contribution in [0.15, 0.2) is 18.2 Å². The summed E-state index contributed by atoms with van der Waals surface area (Å²) in [6.07, 6.45) is 14.0. The van der Waals surface area contributed by atoms with Crippen molar-refractivity contribution in [1.29, 1.82) is 0 Å². The number of halogens is 3. The van der Waals surface area contributed by atoms with Gasteiger partial charge in [-0.25, -0.2) is 8.78 Å². The van der Waals surface area contributed by atoms with Crippen LogP contribution in [0.25, 0.3) is 0 Å². The molecule has 0 atom stereocenters. The molecule has 2 aromatic rings. The molecule has 2 fully saturated rings. The Hall–Kier alpha value is -1.97. The molecule has 0 bridgehead atoms. The van der Waals surface area contributed by atoms with E-state index in [0.29, 0.717) is 35.1 Å². The second-order valence-corrected chi connectivity index (χ2v) is 11.3. The van der Waals surface area contributed by atoms with E-state index in [1.807, 2.05) is 19.1 Å². The molecular weight excluding hydrogens is 445 g/mol. The van der Waals surface area contributed by atoms with Gasteiger partial charge in [-0.2, -0.15) is 4.39 Å². The van der Waals surface area contributed by atoms with E-state index in [-0.39, 0.29) is 23.2 Å². The first-order valence-electron chi connectivity index (χ1n) is 14.0. The van der Waals surface area contributed by atoms with E-state index >= 15 is 4.39 Å². The number of hydrogen-bond acceptors (Lipinski definition) is 1. The highest BCUT2D eigenvalue weighted by Crippen LogP contribution is 2.48. The molecule has 2 aliphatic carbocycles. The van der Waals surface area contributed by atoms with Crippen molar-refractivity contribution < 1.29 is 17.9 Å². The quantitative estimate of drug-likeness (QED) is 0.338. The van der Waals surface area contributed by atoms with Crippen molar-refractivity contribution >= 4 is 0 Å². The Balaban J connectivity index is 1.28. The Labute approximate surface area is 208 Å². The zero-order valence-electron chi connectivity index (χ0n) is 21.3. The maximum absolute atomic E-state index is 15.7. The smallest absolute Gasteiger partial charge is 0.201 e. The van der Waals surface area contributed by atoms with Crippen LogP contribution in [-0.2, 0) is 12.8 Å². The molecule has 190 valence electrons. The lowest BCUT2D eigenvalue weighted by molar-refractivity contribution is 0.156. The Kier molecular flexibility index (Phi) is 7.46. The summed E-state index contributed by atoms with van der Waals surface area (Å²) < 4.78 is 50.8. The van der Waals surface area contributed by atoms with Crippen molar-refractivity contribution in [3.8, 4) is 11.5 Å². The molecule has 2 saturated carbocycles. The molecule has 1 nitrogen and oxygen atoms in total. The van der Waals surface area contributed by atoms with Crippen molar-refractivity contribution in [2.75, 3.05) is 0 Å². The van der Waals surface area contributed by atoms with Crippen LogP contribution in [0.4, 0.5) is 13.2 Å². The van der Waals surface area contributed by atoms with Crippen LogP contribution in [0.3, 0.4) is 0 Å². The van der Waals surface area contributed by atoms with Crippen molar-refractivity contribution in [3.05, 3.63) is 57.9 Å². The Morgan fingerprint density at radius 3 is 2.06 bits per heavy atom. The van der Waals surface area contributed by atoms with Gasteiger partial charge in [0.1, 0.15) is 0 Å². The number of ether oxygens (including phenoxy) is 1. The number of fused-ring (bicyclic) bond motifs is 2. The van der Waals surface area contributed by atoms with Gasteiger partial charge in [0.25, 0.3) is 0 Å². The summed E-state index contributed by atoms with van der Waals surface area (Å²) in [5, 5.41) is 0. The summed E-state index contributed by atoms with van der Waals surface area (Å²) in [4.78, 5) is 0. The average molecular weight is 485 g/mol. The van der Waals surface area contributed by atoms with Gasteiger partial charge in [-0.1, -0.05) is 58.1 Å². The monoisotopic (exact) mass is 484 g/mol. The van der Waals surface area contributed by atoms with E-state index in [2.05, 4.69) is 6.92 Å². The maximum Gasteiger partial charge on any atom is 0.201 e. The molecule has 0 unspecified atom stereocenters. The molecule has 0 saturated heterocycles. The molecule has 5 rings (SSSR count). The third kappa shape index (κ3) is 4.87. The van der Waals surface area contributed by atoms with Gasteiger partial charge in [-0.15, -0.1) is 0 Å². The normalized spacial score (nSPS) is 26.1. The lowest BCUT2D eigenvalue weighted by atomic mass is 9.68. The van der Waals surface area contributed by atoms with Crippen LogP contribution >= 0.6 is 0 Å². The van der Waals surface area contributed by atoms with Crippen LogP contribution < -0.4 is 4.74 Å². The molecule has 0 amide bonds. The molecule has 1 heterocycles. The molecule has 0 N–H and O–H groups in total. The summed E-state index contributed by atoms with van der Waals surface area (Å²) in [6, 6.07) is 5.53. The van der Waals surface area contributed by atoms with Gasteiger partial charge < -0.3 is 4.74 Å². The second-order valence-electron chi connectivity index (χ2n) is 11.3. The molecule has 2 aromatic carbocycles. The molecule has 0 aromatic heterocycles. The zero-order chi connectivity index (χ0) is 24.5. The largest absolute Gasteiger partial charge is 0.450 e. The SMILES string of the molecule is CCCc1cc2c(c(F)c1F)Oc1c(ccc(C3CCC(C4CCC(CCC)CC4)CC3)c1F)C2. The van der Waals surface area contributed by atoms with Crippen molar-refractivity contribution in [1.82, 2.24) is 0 Å². The summed E-state index contributed by atoms with van der Waals surface area (Å²) in [5.74, 6) is 0.420. The first-order chi connectivity index (χ1) is 17.0. The molecular formula is C31H39F3O. The Bertz CT molecular complexity index is 1050. The van der Waals surface area contributed by atoms with Crippen LogP contribution in [0.5, 0.6) is 11.5 Å². The Morgan fingerprint density at radius 1 is 0.743 bits per heavy atom. The van der Waals surface area contributed by atoms with Gasteiger partial charge in [0.2, 0.25) is 5.82 Å². The van der Waals surface area contributed by atoms with Crippen LogP contribution in [0, 0.1) is 35.2 Å². The molecule has 35 heavy (non-hydrogen) atoms. The zero-order valence-corrected chi connectivity index (χ0v) is 21.3. The van der Waals surface area contributed by atoms with Gasteiger partial charge in [-0.3, -0.25) is 0 Å². The van der Waals surface area contributed by atoms with E-state index in [1.54, 1.807) is 6.07 Å². The van der Waals surface area contributed by atoms with Gasteiger partial charge in [0.15, 0.2) is 23.1 Å². The minimum atomic E-state index is -0.990. The van der Waals surface area contributed by atoms with E-state index < -0.39 is 11.6 Å². The van der Waals surface area contributed by atoms with E-state index in [4.69, 9.17) is 4.74 Å². The number of rotatable bonds is 6. The van der Waals surface area contributed by atoms with Crippen LogP contribution in [0.2, 0.25) is 0 Å². The summed E-state index contributed by atoms with van der Waals surface area (Å²) in [5.41, 5.74) is 2.36. The predicted molar refractivity (Wildman–Crippen MR) is 135 cm³/mol. The van der Waals surface area contributed by atoms with Gasteiger partial charge in [-0.05, 0) is 85.8 Å². The third-order valence-electron chi connectivity index (χ3n) is 9.09. The van der Waals surface area contributed by atoms with E-state index in [0.717, 1.165) is 49.9 Å². The van der Waals surface area contributed by atoms with E-state index in [1.165, 1.54) is 38.5 Å². The van der Waals surface area contributed by atoms with Crippen molar-refractivity contribution in [2.24, 2.45) is 17.8 Å². The molecule has 0 radical (unpaired) electrons. The first kappa shape index (κ1) is 24.7. The minimum Gasteiger partial charge on any atom is -0.450 e. The lowest BCUT2D eigenvalue weighted by Gasteiger charge is -2.38. The van der Waals surface area contributed by atoms with Crippen LogP contribution in [-0.4, -0.2) is 0 Å². The summed E-state index contributed by atoms with van der Waals surface area (Å²) in [6.45, 7) is 4.22. The molecule has 3 aliphatic rings. The maximum atomic E-state index is 15.7. The van der Waals surface area contributed by atoms with Gasteiger partial charge in [0.05, 0.1) is 0 Å². The minimum absolute atomic E-state index is 0.0907. The number of benzene rings is 2. The van der Waals surface area contributed by atoms with Crippen LogP contribution in [0.1, 0.15) is 113 Å². The standard InChI is InChI=1S/C31H39F3O/c1-3-5-19-7-9-20(10-8-19)21-11-13-22(14-12-21)26-16-15-24-18-25-17-23(6-4-2)27(32)29(34)31(25)35-30(24)28(26)33/h15-17,19-22H,3-14,18H2,1-2H3. The second kappa shape index (κ2) is 10.6. The Morgan fingerprint density at radius 2 is 1.40 bits per heavy atom. The molecule has 4 heteroatoms. The number of aryl methyl sites for hydroxylation is 1. The van der Waals surface area contributed by atoms with E-state index in [9.17, 15) is 8.78 Å². The highest BCUT2D eigenvalue weighted by atomic mass is 19.2. The van der Waals surface area contributed by atoms with Gasteiger partial charge >= 0.3 is 0 Å². The fraction of sp³-hybridized carbons (Fsp3) is 0.613. The highest BCUT2D eigenvalue weighted by Gasteiger charge is 2.34. The van der Waals surface area contributed by atoms with Crippen molar-refractivity contribution in [3.63, 3.8) is 0 Å². The topological polar surface area (TPSA) is 9.23 Å². The predicted octanol–water partition coefficient (Wildman–Crippen LogP) is 9.63. The van der Waals surface area contributed by atoms with Gasteiger partial charge in [0, 0.05) is 17.5 Å². The average Bonchev–Trinajstić information content (AvgIpc) is 2.88. The fourth-order valence-corrected chi connectivity index (χ4v) is 7.16. The van der Waals surface area contributed by atoms with Crippen molar-refractivity contribution in [2.45, 2.75) is 103 Å². The lowest BCUT2D eigenvalue weighted by Crippen LogP contribution is -2.25. The fourth-order valence-electron chi connectivity index (χ4n) is 7.16. The first-order valence-corrected chi connectivity index (χ1v) is 14.0. The summed E-state index contributed by atoms with van der Waals surface area (Å²) in [7, 11) is 0. The number of hydrogen-bond donors (Lipinski definition) is 0. The molecule has 0 spiro atoms. The highest BCUT2D eigenvalue weighted by molar-refractivity contribution is 5.54. The summed E-state index contributed by atoms with van der Waals surface area (Å²) >= 11 is 0. The third-order valence-corrected chi connectivity index (χ3v) is 9.09.